The van der Waals surface area contributed by atoms with Crippen LogP contribution in [0.2, 0.25) is 0 Å². The highest BCUT2D eigenvalue weighted by molar-refractivity contribution is 5.85. The Kier molecular flexibility index (Phi) is 3.08. The number of aromatic amines is 2. The standard InChI is InChI=1S/C17H15N5O/c1-22(17-19-15-14(9-18-21-15)16(23)20-17)10-12-7-4-6-11-5-2-3-8-13(11)12/h2-9H,10H2,1H3,(H2,18,19,20,21,23). The number of rotatable bonds is 3. The van der Waals surface area contributed by atoms with E-state index in [0.29, 0.717) is 23.5 Å². The number of fused-ring (bicyclic) bond motifs is 2. The van der Waals surface area contributed by atoms with E-state index in [9.17, 15) is 4.79 Å². The second-order valence-corrected chi connectivity index (χ2v) is 5.52. The smallest absolute Gasteiger partial charge is 0.263 e. The molecular weight excluding hydrogens is 290 g/mol. The zero-order chi connectivity index (χ0) is 15.8. The predicted octanol–water partition coefficient (Wildman–Crippen LogP) is 2.44. The Morgan fingerprint density at radius 2 is 1.91 bits per heavy atom. The van der Waals surface area contributed by atoms with E-state index in [-0.39, 0.29) is 5.56 Å². The first kappa shape index (κ1) is 13.5. The summed E-state index contributed by atoms with van der Waals surface area (Å²) in [5.41, 5.74) is 1.48. The number of H-pyrrole nitrogens is 2. The van der Waals surface area contributed by atoms with E-state index >= 15 is 0 Å². The molecule has 0 aliphatic heterocycles. The molecule has 2 heterocycles. The van der Waals surface area contributed by atoms with E-state index in [1.54, 1.807) is 0 Å². The van der Waals surface area contributed by atoms with E-state index in [2.05, 4.69) is 44.4 Å². The van der Waals surface area contributed by atoms with Gasteiger partial charge in [0.25, 0.3) is 5.56 Å². The van der Waals surface area contributed by atoms with Gasteiger partial charge in [-0.05, 0) is 16.3 Å². The molecule has 2 aromatic heterocycles. The van der Waals surface area contributed by atoms with Crippen molar-refractivity contribution in [1.82, 2.24) is 20.2 Å². The fraction of sp³-hybridized carbons (Fsp3) is 0.118. The molecule has 0 radical (unpaired) electrons. The van der Waals surface area contributed by atoms with Gasteiger partial charge in [-0.15, -0.1) is 0 Å². The molecule has 0 bridgehead atoms. The van der Waals surface area contributed by atoms with Gasteiger partial charge in [0, 0.05) is 13.6 Å². The zero-order valence-corrected chi connectivity index (χ0v) is 12.6. The molecular formula is C17H15N5O. The Morgan fingerprint density at radius 3 is 2.83 bits per heavy atom. The molecule has 114 valence electrons. The summed E-state index contributed by atoms with van der Waals surface area (Å²) >= 11 is 0. The summed E-state index contributed by atoms with van der Waals surface area (Å²) in [5.74, 6) is 0.514. The summed E-state index contributed by atoms with van der Waals surface area (Å²) in [6.07, 6.45) is 1.48. The third-order valence-electron chi connectivity index (χ3n) is 3.96. The fourth-order valence-corrected chi connectivity index (χ4v) is 2.78. The summed E-state index contributed by atoms with van der Waals surface area (Å²) in [6, 6.07) is 14.5. The number of benzene rings is 2. The van der Waals surface area contributed by atoms with Crippen LogP contribution in [0.15, 0.2) is 53.5 Å². The van der Waals surface area contributed by atoms with Gasteiger partial charge in [-0.3, -0.25) is 14.9 Å². The van der Waals surface area contributed by atoms with Crippen LogP contribution >= 0.6 is 0 Å². The summed E-state index contributed by atoms with van der Waals surface area (Å²) < 4.78 is 0. The molecule has 0 unspecified atom stereocenters. The lowest BCUT2D eigenvalue weighted by atomic mass is 10.0. The quantitative estimate of drug-likeness (QED) is 0.609. The Labute approximate surface area is 131 Å². The van der Waals surface area contributed by atoms with Gasteiger partial charge in [0.15, 0.2) is 5.65 Å². The van der Waals surface area contributed by atoms with Crippen molar-refractivity contribution >= 4 is 27.8 Å². The number of aromatic nitrogens is 4. The number of anilines is 1. The van der Waals surface area contributed by atoms with Gasteiger partial charge in [-0.1, -0.05) is 42.5 Å². The fourth-order valence-electron chi connectivity index (χ4n) is 2.78. The van der Waals surface area contributed by atoms with Gasteiger partial charge in [-0.2, -0.15) is 10.1 Å². The highest BCUT2D eigenvalue weighted by atomic mass is 16.1. The molecule has 23 heavy (non-hydrogen) atoms. The average Bonchev–Trinajstić information content (AvgIpc) is 3.04. The minimum Gasteiger partial charge on any atom is -0.341 e. The van der Waals surface area contributed by atoms with Crippen LogP contribution in [0.4, 0.5) is 5.95 Å². The number of hydrogen-bond acceptors (Lipinski definition) is 4. The Bertz CT molecular complexity index is 1040. The van der Waals surface area contributed by atoms with Crippen LogP contribution in [-0.2, 0) is 6.54 Å². The molecule has 6 nitrogen and oxygen atoms in total. The normalized spacial score (nSPS) is 11.2. The average molecular weight is 305 g/mol. The Hall–Kier alpha value is -3.15. The monoisotopic (exact) mass is 305 g/mol. The van der Waals surface area contributed by atoms with Crippen LogP contribution < -0.4 is 10.5 Å². The second kappa shape index (κ2) is 5.24. The van der Waals surface area contributed by atoms with Crippen molar-refractivity contribution in [3.8, 4) is 0 Å². The van der Waals surface area contributed by atoms with Gasteiger partial charge in [0.2, 0.25) is 5.95 Å². The van der Waals surface area contributed by atoms with E-state index in [1.165, 1.54) is 22.5 Å². The van der Waals surface area contributed by atoms with E-state index in [1.807, 2.05) is 30.1 Å². The second-order valence-electron chi connectivity index (χ2n) is 5.52. The largest absolute Gasteiger partial charge is 0.341 e. The maximum Gasteiger partial charge on any atom is 0.263 e. The third kappa shape index (κ3) is 2.34. The molecule has 0 saturated carbocycles. The topological polar surface area (TPSA) is 77.7 Å². The van der Waals surface area contributed by atoms with Crippen molar-refractivity contribution in [1.29, 1.82) is 0 Å². The van der Waals surface area contributed by atoms with Crippen molar-refractivity contribution in [2.75, 3.05) is 11.9 Å². The maximum absolute atomic E-state index is 12.0. The summed E-state index contributed by atoms with van der Waals surface area (Å²) in [5, 5.41) is 9.47. The molecule has 2 aromatic carbocycles. The highest BCUT2D eigenvalue weighted by Gasteiger charge is 2.10. The van der Waals surface area contributed by atoms with E-state index in [4.69, 9.17) is 0 Å². The lowest BCUT2D eigenvalue weighted by Gasteiger charge is -2.18. The summed E-state index contributed by atoms with van der Waals surface area (Å²) in [7, 11) is 1.91. The van der Waals surface area contributed by atoms with Crippen molar-refractivity contribution < 1.29 is 0 Å². The number of nitrogens with one attached hydrogen (secondary N) is 2. The van der Waals surface area contributed by atoms with Crippen LogP contribution in [0.5, 0.6) is 0 Å². The first-order valence-corrected chi connectivity index (χ1v) is 7.33. The molecule has 0 aliphatic carbocycles. The summed E-state index contributed by atoms with van der Waals surface area (Å²) in [4.78, 5) is 21.2. The lowest BCUT2D eigenvalue weighted by molar-refractivity contribution is 0.871. The van der Waals surface area contributed by atoms with Crippen LogP contribution in [-0.4, -0.2) is 27.2 Å². The van der Waals surface area contributed by atoms with E-state index < -0.39 is 0 Å². The van der Waals surface area contributed by atoms with Crippen molar-refractivity contribution in [2.45, 2.75) is 6.54 Å². The predicted molar refractivity (Wildman–Crippen MR) is 90.6 cm³/mol. The molecule has 0 aliphatic rings. The minimum atomic E-state index is -0.191. The molecule has 0 spiro atoms. The molecule has 0 saturated heterocycles. The van der Waals surface area contributed by atoms with Gasteiger partial charge >= 0.3 is 0 Å². The maximum atomic E-state index is 12.0. The van der Waals surface area contributed by atoms with Crippen LogP contribution in [0, 0.1) is 0 Å². The molecule has 0 fully saturated rings. The Morgan fingerprint density at radius 1 is 1.09 bits per heavy atom. The van der Waals surface area contributed by atoms with Crippen LogP contribution in [0.1, 0.15) is 5.56 Å². The molecule has 0 atom stereocenters. The molecule has 0 amide bonds. The first-order chi connectivity index (χ1) is 11.2. The number of nitrogens with zero attached hydrogens (tertiary/aromatic N) is 3. The van der Waals surface area contributed by atoms with Gasteiger partial charge in [0.1, 0.15) is 5.39 Å². The first-order valence-electron chi connectivity index (χ1n) is 7.33. The molecule has 4 aromatic rings. The SMILES string of the molecule is CN(Cc1cccc2ccccc12)c1nc2[nH]ncc2c(=O)[nH]1. The zero-order valence-electron chi connectivity index (χ0n) is 12.6. The van der Waals surface area contributed by atoms with Gasteiger partial charge < -0.3 is 4.90 Å². The molecule has 2 N–H and O–H groups in total. The summed E-state index contributed by atoms with van der Waals surface area (Å²) in [6.45, 7) is 0.643. The third-order valence-corrected chi connectivity index (χ3v) is 3.96. The van der Waals surface area contributed by atoms with Gasteiger partial charge in [0.05, 0.1) is 6.20 Å². The van der Waals surface area contributed by atoms with Gasteiger partial charge in [-0.25, -0.2) is 0 Å². The molecule has 6 heteroatoms. The van der Waals surface area contributed by atoms with Crippen molar-refractivity contribution in [2.24, 2.45) is 0 Å². The molecule has 4 rings (SSSR count). The van der Waals surface area contributed by atoms with Crippen molar-refractivity contribution in [3.05, 3.63) is 64.6 Å². The Balaban J connectivity index is 1.73. The van der Waals surface area contributed by atoms with Crippen LogP contribution in [0.3, 0.4) is 0 Å². The minimum absolute atomic E-state index is 0.191. The van der Waals surface area contributed by atoms with Crippen molar-refractivity contribution in [3.63, 3.8) is 0 Å². The number of hydrogen-bond donors (Lipinski definition) is 2. The van der Waals surface area contributed by atoms with E-state index in [0.717, 1.165) is 0 Å². The highest BCUT2D eigenvalue weighted by Crippen LogP contribution is 2.21. The lowest BCUT2D eigenvalue weighted by Crippen LogP contribution is -2.22. The van der Waals surface area contributed by atoms with Crippen LogP contribution in [0.25, 0.3) is 21.8 Å².